The molecule has 5 rings (SSSR count). The van der Waals surface area contributed by atoms with Gasteiger partial charge < -0.3 is 24.2 Å². The summed E-state index contributed by atoms with van der Waals surface area (Å²) in [5.74, 6) is 0.886. The van der Waals surface area contributed by atoms with E-state index in [1.807, 2.05) is 0 Å². The number of methoxy groups -OCH3 is 3. The fourth-order valence-electron chi connectivity index (χ4n) is 8.04. The molecule has 7 heteroatoms. The normalized spacial score (nSPS) is 19.9. The lowest BCUT2D eigenvalue weighted by Crippen LogP contribution is -2.27. The summed E-state index contributed by atoms with van der Waals surface area (Å²) < 4.78 is 19.1. The maximum Gasteiger partial charge on any atom is 0.213 e. The van der Waals surface area contributed by atoms with Crippen molar-refractivity contribution >= 4 is 28.7 Å². The standard InChI is InChI=1S/C42H56ClN2O4/c1-10-44-36(41(3,4)34-24-28(27-46)23-31(39(34)44)19-21-47-7)17-15-29-13-12-14-30(38(29)43)16-18-37-42(5,6)35-26-33(49-9)25-32(20-22-48-8)40(35)45(37)11-2/h15-18,23-26,46H,10-14,19-22,27H2,1-9H3/q+1. The zero-order valence-corrected chi connectivity index (χ0v) is 31.9. The summed E-state index contributed by atoms with van der Waals surface area (Å²) in [5, 5.41) is 10.9. The summed E-state index contributed by atoms with van der Waals surface area (Å²) in [7, 11) is 5.23. The van der Waals surface area contributed by atoms with Crippen LogP contribution in [0.3, 0.4) is 0 Å². The Kier molecular flexibility index (Phi) is 11.7. The second-order valence-corrected chi connectivity index (χ2v) is 14.7. The first kappa shape index (κ1) is 37.1. The molecule has 0 radical (unpaired) electrons. The molecular weight excluding hydrogens is 632 g/mol. The molecule has 2 aromatic carbocycles. The molecule has 0 saturated heterocycles. The number of aliphatic hydroxyl groups is 1. The highest BCUT2D eigenvalue weighted by atomic mass is 35.5. The molecule has 0 spiro atoms. The van der Waals surface area contributed by atoms with Crippen molar-refractivity contribution in [2.75, 3.05) is 52.5 Å². The fourth-order valence-corrected chi connectivity index (χ4v) is 8.36. The van der Waals surface area contributed by atoms with Crippen molar-refractivity contribution in [1.82, 2.24) is 0 Å². The van der Waals surface area contributed by atoms with E-state index in [1.165, 1.54) is 56.2 Å². The van der Waals surface area contributed by atoms with Crippen LogP contribution in [-0.2, 0) is 39.8 Å². The number of anilines is 1. The highest BCUT2D eigenvalue weighted by Gasteiger charge is 2.46. The number of fused-ring (bicyclic) bond motifs is 2. The summed E-state index contributed by atoms with van der Waals surface area (Å²) in [4.78, 5) is 2.44. The minimum atomic E-state index is -0.225. The minimum absolute atomic E-state index is 0.0247. The first-order valence-corrected chi connectivity index (χ1v) is 18.2. The predicted octanol–water partition coefficient (Wildman–Crippen LogP) is 8.82. The number of halogens is 1. The largest absolute Gasteiger partial charge is 0.497 e. The third-order valence-electron chi connectivity index (χ3n) is 10.7. The average Bonchev–Trinajstić information content (AvgIpc) is 3.46. The number of allylic oxidation sites excluding steroid dienone is 8. The van der Waals surface area contributed by atoms with Crippen molar-refractivity contribution in [3.8, 4) is 5.75 Å². The molecule has 49 heavy (non-hydrogen) atoms. The number of ether oxygens (including phenoxy) is 3. The first-order valence-electron chi connectivity index (χ1n) is 17.9. The van der Waals surface area contributed by atoms with Gasteiger partial charge in [-0.25, -0.2) is 0 Å². The van der Waals surface area contributed by atoms with Crippen LogP contribution < -0.4 is 9.64 Å². The quantitative estimate of drug-likeness (QED) is 0.213. The highest BCUT2D eigenvalue weighted by molar-refractivity contribution is 6.32. The second kappa shape index (κ2) is 15.4. The number of likely N-dealkylation sites (N-methyl/N-ethyl adjacent to an activating group) is 1. The van der Waals surface area contributed by atoms with Gasteiger partial charge in [-0.2, -0.15) is 4.58 Å². The molecule has 0 atom stereocenters. The molecule has 0 bridgehead atoms. The van der Waals surface area contributed by atoms with Gasteiger partial charge in [-0.05, 0) is 99.4 Å². The van der Waals surface area contributed by atoms with Crippen LogP contribution in [0.2, 0.25) is 0 Å². The van der Waals surface area contributed by atoms with Crippen molar-refractivity contribution in [3.05, 3.63) is 98.3 Å². The van der Waals surface area contributed by atoms with E-state index in [2.05, 4.69) is 99.6 Å². The zero-order chi connectivity index (χ0) is 35.5. The van der Waals surface area contributed by atoms with Gasteiger partial charge in [0.15, 0.2) is 5.71 Å². The maximum atomic E-state index is 10.1. The number of nitrogens with zero attached hydrogens (tertiary/aromatic N) is 2. The Balaban J connectivity index is 1.52. The summed E-state index contributed by atoms with van der Waals surface area (Å²) >= 11 is 7.25. The van der Waals surface area contributed by atoms with Gasteiger partial charge >= 0.3 is 0 Å². The van der Waals surface area contributed by atoms with E-state index in [1.54, 1.807) is 21.3 Å². The van der Waals surface area contributed by atoms with Crippen LogP contribution in [-0.4, -0.2) is 63.0 Å². The van der Waals surface area contributed by atoms with E-state index in [0.717, 1.165) is 61.5 Å². The zero-order valence-electron chi connectivity index (χ0n) is 31.1. The van der Waals surface area contributed by atoms with E-state index < -0.39 is 0 Å². The van der Waals surface area contributed by atoms with E-state index in [9.17, 15) is 5.11 Å². The second-order valence-electron chi connectivity index (χ2n) is 14.4. The van der Waals surface area contributed by atoms with E-state index in [4.69, 9.17) is 25.8 Å². The van der Waals surface area contributed by atoms with Crippen LogP contribution in [0.15, 0.2) is 70.4 Å². The van der Waals surface area contributed by atoms with Crippen LogP contribution in [0.5, 0.6) is 5.75 Å². The number of hydrogen-bond acceptors (Lipinski definition) is 5. The summed E-state index contributed by atoms with van der Waals surface area (Å²) in [6, 6.07) is 8.67. The lowest BCUT2D eigenvalue weighted by atomic mass is 9.80. The van der Waals surface area contributed by atoms with Crippen molar-refractivity contribution in [2.45, 2.75) is 91.1 Å². The lowest BCUT2D eigenvalue weighted by Gasteiger charge is -2.26. The van der Waals surface area contributed by atoms with Crippen LogP contribution in [0, 0.1) is 0 Å². The van der Waals surface area contributed by atoms with Gasteiger partial charge in [-0.3, -0.25) is 0 Å². The molecule has 0 amide bonds. The van der Waals surface area contributed by atoms with E-state index in [-0.39, 0.29) is 17.4 Å². The Hall–Kier alpha value is -3.16. The van der Waals surface area contributed by atoms with Crippen LogP contribution in [0.4, 0.5) is 11.4 Å². The van der Waals surface area contributed by atoms with Crippen molar-refractivity contribution in [3.63, 3.8) is 0 Å². The SMILES string of the molecule is CCN1C(=CC=C2CCCC(C=CC3=[N+](CC)c4c(CCOC)cc(OC)cc4C3(C)C)=C2Cl)C(C)(C)c2cc(CO)cc(CCOC)c21. The van der Waals surface area contributed by atoms with Crippen molar-refractivity contribution in [1.29, 1.82) is 0 Å². The smallest absolute Gasteiger partial charge is 0.213 e. The Morgan fingerprint density at radius 2 is 1.59 bits per heavy atom. The van der Waals surface area contributed by atoms with E-state index in [0.29, 0.717) is 13.2 Å². The monoisotopic (exact) mass is 687 g/mol. The molecule has 2 aromatic rings. The number of rotatable bonds is 13. The number of hydrogen-bond donors (Lipinski definition) is 1. The molecular formula is C42H56ClN2O4+. The van der Waals surface area contributed by atoms with Crippen LogP contribution in [0.1, 0.15) is 88.6 Å². The topological polar surface area (TPSA) is 54.2 Å². The van der Waals surface area contributed by atoms with Crippen LogP contribution >= 0.6 is 11.6 Å². The Bertz CT molecular complexity index is 1730. The highest BCUT2D eigenvalue weighted by Crippen LogP contribution is 2.50. The molecule has 6 nitrogen and oxygen atoms in total. The van der Waals surface area contributed by atoms with Crippen molar-refractivity contribution < 1.29 is 23.9 Å². The summed E-state index contributed by atoms with van der Waals surface area (Å²) in [5.41, 5.74) is 12.9. The predicted molar refractivity (Wildman–Crippen MR) is 203 cm³/mol. The Labute approximate surface area is 299 Å². The van der Waals surface area contributed by atoms with Gasteiger partial charge in [-0.15, -0.1) is 0 Å². The fraction of sp³-hybridized carbons (Fsp3) is 0.500. The molecule has 1 N–H and O–H groups in total. The number of benzene rings is 2. The van der Waals surface area contributed by atoms with Gasteiger partial charge in [0.05, 0.1) is 32.3 Å². The van der Waals surface area contributed by atoms with Crippen molar-refractivity contribution in [2.24, 2.45) is 0 Å². The minimum Gasteiger partial charge on any atom is -0.497 e. The van der Waals surface area contributed by atoms with Gasteiger partial charge in [0.2, 0.25) is 5.69 Å². The maximum absolute atomic E-state index is 10.1. The van der Waals surface area contributed by atoms with Gasteiger partial charge in [0.25, 0.3) is 0 Å². The molecule has 264 valence electrons. The molecule has 2 aliphatic heterocycles. The molecule has 0 unspecified atom stereocenters. The molecule has 1 aliphatic carbocycles. The molecule has 0 saturated carbocycles. The molecule has 0 fully saturated rings. The molecule has 0 aromatic heterocycles. The first-order chi connectivity index (χ1) is 23.5. The van der Waals surface area contributed by atoms with Gasteiger partial charge in [-0.1, -0.05) is 49.7 Å². The molecule has 2 heterocycles. The van der Waals surface area contributed by atoms with Gasteiger partial charge in [0.1, 0.15) is 12.3 Å². The third kappa shape index (κ3) is 6.95. The van der Waals surface area contributed by atoms with E-state index >= 15 is 0 Å². The Morgan fingerprint density at radius 1 is 0.878 bits per heavy atom. The van der Waals surface area contributed by atoms with Gasteiger partial charge in [0, 0.05) is 66.2 Å². The number of aliphatic hydroxyl groups excluding tert-OH is 1. The van der Waals surface area contributed by atoms with Crippen LogP contribution in [0.25, 0.3) is 0 Å². The third-order valence-corrected chi connectivity index (χ3v) is 11.2. The lowest BCUT2D eigenvalue weighted by molar-refractivity contribution is -0.433. The summed E-state index contributed by atoms with van der Waals surface area (Å²) in [6.45, 7) is 16.7. The Morgan fingerprint density at radius 3 is 2.22 bits per heavy atom. The molecule has 3 aliphatic rings. The summed E-state index contributed by atoms with van der Waals surface area (Å²) in [6.07, 6.45) is 13.7. The average molecular weight is 688 g/mol.